The minimum atomic E-state index is -1.06. The maximum absolute atomic E-state index is 12.5. The maximum Gasteiger partial charge on any atom is 0.410 e. The number of carbonyl (C=O) groups excluding carboxylic acids is 2. The molecule has 0 bridgehead atoms. The lowest BCUT2D eigenvalue weighted by atomic mass is 10.1. The number of carboxylic acid groups (broad SMARTS) is 1. The van der Waals surface area contributed by atoms with Crippen LogP contribution in [0.2, 0.25) is 0 Å². The molecule has 1 aliphatic heterocycles. The van der Waals surface area contributed by atoms with Gasteiger partial charge in [0.2, 0.25) is 0 Å². The first kappa shape index (κ1) is 30.8. The van der Waals surface area contributed by atoms with Crippen molar-refractivity contribution in [2.75, 3.05) is 32.8 Å². The molecule has 0 aliphatic carbocycles. The summed E-state index contributed by atoms with van der Waals surface area (Å²) in [5.41, 5.74) is 0. The van der Waals surface area contributed by atoms with Crippen molar-refractivity contribution in [2.45, 2.75) is 116 Å². The minimum absolute atomic E-state index is 0.194. The maximum atomic E-state index is 12.5. The number of hydrogen-bond acceptors (Lipinski definition) is 5. The van der Waals surface area contributed by atoms with Crippen molar-refractivity contribution in [3.05, 3.63) is 0 Å². The fraction of sp³-hybridized carbons (Fsp3) is 0.885. The standard InChI is InChI=1S/C26H49N3O6/c1-3-5-7-13-19-28(20-14-8-6-4-2)26(33)34-22-16-10-9-12-18-27-24(30)35-23-17-11-15-21-29(23)25(31)32/h23H,3-22H2,1-2H3,(H,27,30)(H,31,32). The smallest absolute Gasteiger partial charge is 0.410 e. The number of amides is 3. The van der Waals surface area contributed by atoms with E-state index in [0.29, 0.717) is 26.1 Å². The molecule has 3 amide bonds. The molecule has 2 N–H and O–H groups in total. The van der Waals surface area contributed by atoms with Crippen LogP contribution in [0.5, 0.6) is 0 Å². The first-order valence-electron chi connectivity index (χ1n) is 13.8. The van der Waals surface area contributed by atoms with Gasteiger partial charge in [0.05, 0.1) is 6.61 Å². The van der Waals surface area contributed by atoms with Crippen molar-refractivity contribution in [1.29, 1.82) is 0 Å². The molecule has 1 unspecified atom stereocenters. The predicted molar refractivity (Wildman–Crippen MR) is 137 cm³/mol. The number of nitrogens with zero attached hydrogens (tertiary/aromatic N) is 2. The Bertz CT molecular complexity index is 577. The number of unbranched alkanes of at least 4 members (excludes halogenated alkanes) is 9. The first-order valence-corrected chi connectivity index (χ1v) is 13.8. The number of alkyl carbamates (subject to hydrolysis) is 1. The topological polar surface area (TPSA) is 108 Å². The lowest BCUT2D eigenvalue weighted by molar-refractivity contribution is -0.0245. The third-order valence-corrected chi connectivity index (χ3v) is 6.32. The highest BCUT2D eigenvalue weighted by atomic mass is 16.6. The molecule has 35 heavy (non-hydrogen) atoms. The van der Waals surface area contributed by atoms with E-state index in [0.717, 1.165) is 77.3 Å². The van der Waals surface area contributed by atoms with Crippen LogP contribution in [-0.2, 0) is 9.47 Å². The molecular weight excluding hydrogens is 450 g/mol. The molecule has 0 spiro atoms. The SMILES string of the molecule is CCCCCCN(CCCCCC)C(=O)OCCCCCCNC(=O)OC1CCCCN1C(=O)O. The molecule has 0 aromatic heterocycles. The van der Waals surface area contributed by atoms with E-state index in [-0.39, 0.29) is 6.09 Å². The average Bonchev–Trinajstić information content (AvgIpc) is 2.84. The van der Waals surface area contributed by atoms with Gasteiger partial charge in [-0.3, -0.25) is 4.90 Å². The van der Waals surface area contributed by atoms with Crippen LogP contribution in [0.4, 0.5) is 14.4 Å². The number of ether oxygens (including phenoxy) is 2. The second-order valence-corrected chi connectivity index (χ2v) is 9.40. The molecule has 204 valence electrons. The second kappa shape index (κ2) is 20.0. The zero-order valence-corrected chi connectivity index (χ0v) is 22.1. The van der Waals surface area contributed by atoms with Gasteiger partial charge in [-0.05, 0) is 44.9 Å². The van der Waals surface area contributed by atoms with E-state index in [1.165, 1.54) is 30.6 Å². The van der Waals surface area contributed by atoms with Crippen LogP contribution in [0.25, 0.3) is 0 Å². The predicted octanol–water partition coefficient (Wildman–Crippen LogP) is 6.36. The quantitative estimate of drug-likeness (QED) is 0.212. The molecule has 1 saturated heterocycles. The Labute approximate surface area is 211 Å². The molecule has 9 nitrogen and oxygen atoms in total. The van der Waals surface area contributed by atoms with Crippen molar-refractivity contribution >= 4 is 18.3 Å². The van der Waals surface area contributed by atoms with E-state index in [9.17, 15) is 19.5 Å². The van der Waals surface area contributed by atoms with E-state index >= 15 is 0 Å². The molecule has 1 fully saturated rings. The van der Waals surface area contributed by atoms with Crippen LogP contribution in [0, 0.1) is 0 Å². The molecule has 1 rings (SSSR count). The van der Waals surface area contributed by atoms with Crippen LogP contribution in [0.3, 0.4) is 0 Å². The molecule has 0 radical (unpaired) electrons. The highest BCUT2D eigenvalue weighted by Gasteiger charge is 2.29. The number of likely N-dealkylation sites (tertiary alicyclic amines) is 1. The summed E-state index contributed by atoms with van der Waals surface area (Å²) < 4.78 is 10.8. The highest BCUT2D eigenvalue weighted by Crippen LogP contribution is 2.18. The first-order chi connectivity index (χ1) is 17.0. The third-order valence-electron chi connectivity index (χ3n) is 6.32. The summed E-state index contributed by atoms with van der Waals surface area (Å²) in [6.45, 7) is 7.21. The van der Waals surface area contributed by atoms with Crippen LogP contribution >= 0.6 is 0 Å². The Morgan fingerprint density at radius 2 is 1.51 bits per heavy atom. The van der Waals surface area contributed by atoms with Gasteiger partial charge in [0.15, 0.2) is 6.23 Å². The average molecular weight is 500 g/mol. The molecule has 1 atom stereocenters. The summed E-state index contributed by atoms with van der Waals surface area (Å²) in [5, 5.41) is 11.9. The highest BCUT2D eigenvalue weighted by molar-refractivity contribution is 5.69. The summed E-state index contributed by atoms with van der Waals surface area (Å²) >= 11 is 0. The zero-order valence-electron chi connectivity index (χ0n) is 22.1. The summed E-state index contributed by atoms with van der Waals surface area (Å²) in [6.07, 6.45) is 12.2. The Balaban J connectivity index is 2.14. The Morgan fingerprint density at radius 3 is 2.14 bits per heavy atom. The fourth-order valence-electron chi connectivity index (χ4n) is 4.18. The summed E-state index contributed by atoms with van der Waals surface area (Å²) in [7, 11) is 0. The Kier molecular flexibility index (Phi) is 17.7. The largest absolute Gasteiger partial charge is 0.465 e. The number of rotatable bonds is 18. The molecule has 0 aromatic rings. The zero-order chi connectivity index (χ0) is 25.7. The van der Waals surface area contributed by atoms with Crippen molar-refractivity contribution in [3.8, 4) is 0 Å². The molecule has 0 saturated carbocycles. The molecule has 1 aliphatic rings. The summed E-state index contributed by atoms with van der Waals surface area (Å²) in [6, 6.07) is 0. The molecular formula is C26H49N3O6. The second-order valence-electron chi connectivity index (χ2n) is 9.40. The molecule has 1 heterocycles. The van der Waals surface area contributed by atoms with Gasteiger partial charge in [-0.2, -0.15) is 0 Å². The lowest BCUT2D eigenvalue weighted by Gasteiger charge is -2.32. The van der Waals surface area contributed by atoms with Crippen molar-refractivity contribution < 1.29 is 29.0 Å². The Morgan fingerprint density at radius 1 is 0.886 bits per heavy atom. The summed E-state index contributed by atoms with van der Waals surface area (Å²) in [5.74, 6) is 0. The van der Waals surface area contributed by atoms with Gasteiger partial charge in [-0.15, -0.1) is 0 Å². The number of carbonyl (C=O) groups is 3. The van der Waals surface area contributed by atoms with E-state index < -0.39 is 18.4 Å². The summed E-state index contributed by atoms with van der Waals surface area (Å²) in [4.78, 5) is 38.8. The van der Waals surface area contributed by atoms with Gasteiger partial charge in [0.25, 0.3) is 0 Å². The van der Waals surface area contributed by atoms with Crippen LogP contribution in [0.15, 0.2) is 0 Å². The number of piperidine rings is 1. The van der Waals surface area contributed by atoms with Crippen molar-refractivity contribution in [3.63, 3.8) is 0 Å². The van der Waals surface area contributed by atoms with E-state index in [1.54, 1.807) is 0 Å². The molecule has 9 heteroatoms. The van der Waals surface area contributed by atoms with Gasteiger partial charge in [0.1, 0.15) is 0 Å². The van der Waals surface area contributed by atoms with Gasteiger partial charge >= 0.3 is 18.3 Å². The van der Waals surface area contributed by atoms with Crippen LogP contribution < -0.4 is 5.32 Å². The van der Waals surface area contributed by atoms with Crippen LogP contribution in [-0.4, -0.2) is 72.2 Å². The monoisotopic (exact) mass is 499 g/mol. The fourth-order valence-corrected chi connectivity index (χ4v) is 4.18. The van der Waals surface area contributed by atoms with Gasteiger partial charge in [0, 0.05) is 32.6 Å². The number of hydrogen-bond donors (Lipinski definition) is 2. The van der Waals surface area contributed by atoms with Gasteiger partial charge < -0.3 is 24.8 Å². The van der Waals surface area contributed by atoms with Crippen LogP contribution in [0.1, 0.15) is 110 Å². The van der Waals surface area contributed by atoms with Crippen molar-refractivity contribution in [1.82, 2.24) is 15.1 Å². The van der Waals surface area contributed by atoms with Crippen molar-refractivity contribution in [2.24, 2.45) is 0 Å². The molecule has 0 aromatic carbocycles. The van der Waals surface area contributed by atoms with Gasteiger partial charge in [-0.1, -0.05) is 58.8 Å². The van der Waals surface area contributed by atoms with E-state index in [4.69, 9.17) is 9.47 Å². The lowest BCUT2D eigenvalue weighted by Crippen LogP contribution is -2.46. The Hall–Kier alpha value is -2.19. The third kappa shape index (κ3) is 14.7. The normalized spacial score (nSPS) is 15.5. The van der Waals surface area contributed by atoms with E-state index in [2.05, 4.69) is 19.2 Å². The minimum Gasteiger partial charge on any atom is -0.465 e. The van der Waals surface area contributed by atoms with Gasteiger partial charge in [-0.25, -0.2) is 14.4 Å². The van der Waals surface area contributed by atoms with E-state index in [1.807, 2.05) is 4.90 Å². The number of nitrogens with one attached hydrogen (secondary N) is 1.